The fourth-order valence-corrected chi connectivity index (χ4v) is 2.94. The first-order valence-corrected chi connectivity index (χ1v) is 6.57. The maximum atomic E-state index is 12.6. The Kier molecular flexibility index (Phi) is 3.57. The molecule has 1 saturated carbocycles. The molecule has 0 unspecified atom stereocenters. The fourth-order valence-electron chi connectivity index (χ4n) is 2.94. The minimum absolute atomic E-state index is 0.120. The Bertz CT molecular complexity index is 238. The Balaban J connectivity index is 2.96. The summed E-state index contributed by atoms with van der Waals surface area (Å²) in [6.07, 6.45) is 2.16. The average Bonchev–Trinajstić information content (AvgIpc) is 2.04. The Morgan fingerprint density at radius 2 is 1.19 bits per heavy atom. The Labute approximate surface area is 101 Å². The van der Waals surface area contributed by atoms with Crippen molar-refractivity contribution in [3.8, 4) is 0 Å². The summed E-state index contributed by atoms with van der Waals surface area (Å²) in [7, 11) is 0. The molecule has 0 aromatic carbocycles. The lowest BCUT2D eigenvalue weighted by molar-refractivity contribution is -0.138. The van der Waals surface area contributed by atoms with Gasteiger partial charge in [-0.15, -0.1) is 0 Å². The van der Waals surface area contributed by atoms with Crippen LogP contribution in [-0.4, -0.2) is 5.78 Å². The van der Waals surface area contributed by atoms with Gasteiger partial charge < -0.3 is 0 Å². The third kappa shape index (κ3) is 2.87. The molecule has 94 valence electrons. The molecule has 1 rings (SSSR count). The quantitative estimate of drug-likeness (QED) is 0.599. The summed E-state index contributed by atoms with van der Waals surface area (Å²) in [5.74, 6) is 1.70. The summed E-state index contributed by atoms with van der Waals surface area (Å²) < 4.78 is 0. The molecule has 0 N–H and O–H groups in total. The molecule has 1 heteroatoms. The maximum absolute atomic E-state index is 12.6. The Morgan fingerprint density at radius 1 is 0.875 bits per heavy atom. The number of hydrogen-bond acceptors (Lipinski definition) is 1. The second kappa shape index (κ2) is 4.16. The zero-order valence-electron chi connectivity index (χ0n) is 12.1. The molecule has 0 aliphatic heterocycles. The molecular formula is C15H28O. The molecule has 0 spiro atoms. The van der Waals surface area contributed by atoms with Crippen LogP contribution in [0.15, 0.2) is 0 Å². The van der Waals surface area contributed by atoms with Gasteiger partial charge in [0.2, 0.25) is 0 Å². The van der Waals surface area contributed by atoms with Gasteiger partial charge in [0.25, 0.3) is 0 Å². The normalized spacial score (nSPS) is 32.9. The minimum Gasteiger partial charge on any atom is -0.299 e. The van der Waals surface area contributed by atoms with Crippen LogP contribution in [0.2, 0.25) is 0 Å². The van der Waals surface area contributed by atoms with Crippen LogP contribution in [0.1, 0.15) is 61.3 Å². The van der Waals surface area contributed by atoms with E-state index in [-0.39, 0.29) is 22.7 Å². The molecule has 0 amide bonds. The van der Waals surface area contributed by atoms with Gasteiger partial charge in [-0.1, -0.05) is 48.5 Å². The van der Waals surface area contributed by atoms with Crippen molar-refractivity contribution < 1.29 is 4.79 Å². The van der Waals surface area contributed by atoms with E-state index in [0.29, 0.717) is 11.7 Å². The molecule has 0 bridgehead atoms. The van der Waals surface area contributed by atoms with E-state index in [4.69, 9.17) is 0 Å². The van der Waals surface area contributed by atoms with Gasteiger partial charge in [0.1, 0.15) is 5.78 Å². The molecule has 1 aliphatic rings. The van der Waals surface area contributed by atoms with Crippen LogP contribution in [0.3, 0.4) is 0 Å². The first kappa shape index (κ1) is 13.7. The third-order valence-corrected chi connectivity index (χ3v) is 4.05. The third-order valence-electron chi connectivity index (χ3n) is 4.05. The van der Waals surface area contributed by atoms with Crippen LogP contribution >= 0.6 is 0 Å². The van der Waals surface area contributed by atoms with Gasteiger partial charge in [0.15, 0.2) is 0 Å². The molecule has 0 aromatic heterocycles. The molecular weight excluding hydrogens is 196 g/mol. The predicted molar refractivity (Wildman–Crippen MR) is 69.3 cm³/mol. The summed E-state index contributed by atoms with van der Waals surface area (Å²) in [6.45, 7) is 15.5. The maximum Gasteiger partial charge on any atom is 0.140 e. The van der Waals surface area contributed by atoms with E-state index in [1.165, 1.54) is 0 Å². The molecule has 1 fully saturated rings. The van der Waals surface area contributed by atoms with E-state index in [9.17, 15) is 4.79 Å². The number of carbonyl (C=O) groups is 1. The van der Waals surface area contributed by atoms with Crippen LogP contribution in [0.4, 0.5) is 0 Å². The number of Topliss-reactive ketones (excluding diaryl/α,β-unsaturated/α-hetero) is 1. The van der Waals surface area contributed by atoms with Gasteiger partial charge in [-0.2, -0.15) is 0 Å². The summed E-state index contributed by atoms with van der Waals surface area (Å²) in [5, 5.41) is 0. The molecule has 0 aromatic rings. The zero-order chi connectivity index (χ0) is 12.7. The van der Waals surface area contributed by atoms with Gasteiger partial charge in [0.05, 0.1) is 0 Å². The zero-order valence-corrected chi connectivity index (χ0v) is 12.1. The second-order valence-electron chi connectivity index (χ2n) is 7.82. The predicted octanol–water partition coefficient (Wildman–Crippen LogP) is 4.31. The van der Waals surface area contributed by atoms with E-state index in [0.717, 1.165) is 12.8 Å². The second-order valence-corrected chi connectivity index (χ2v) is 7.82. The number of rotatable bonds is 0. The molecule has 0 saturated heterocycles. The minimum atomic E-state index is 0.120. The summed E-state index contributed by atoms with van der Waals surface area (Å²) in [6, 6.07) is 0. The van der Waals surface area contributed by atoms with E-state index in [2.05, 4.69) is 48.5 Å². The lowest BCUT2D eigenvalue weighted by Crippen LogP contribution is -2.44. The van der Waals surface area contributed by atoms with E-state index in [1.54, 1.807) is 0 Å². The van der Waals surface area contributed by atoms with Gasteiger partial charge in [-0.3, -0.25) is 4.79 Å². The monoisotopic (exact) mass is 224 g/mol. The number of ketones is 1. The van der Waals surface area contributed by atoms with Crippen molar-refractivity contribution in [2.24, 2.45) is 28.6 Å². The van der Waals surface area contributed by atoms with Crippen molar-refractivity contribution in [1.29, 1.82) is 0 Å². The first-order valence-electron chi connectivity index (χ1n) is 6.57. The summed E-state index contributed by atoms with van der Waals surface area (Å²) in [4.78, 5) is 12.6. The van der Waals surface area contributed by atoms with E-state index < -0.39 is 0 Å². The lowest BCUT2D eigenvalue weighted by Gasteiger charge is -2.43. The van der Waals surface area contributed by atoms with Crippen molar-refractivity contribution in [3.05, 3.63) is 0 Å². The van der Waals surface area contributed by atoms with Gasteiger partial charge >= 0.3 is 0 Å². The van der Waals surface area contributed by atoms with Crippen molar-refractivity contribution in [2.75, 3.05) is 0 Å². The highest BCUT2D eigenvalue weighted by molar-refractivity contribution is 5.85. The van der Waals surface area contributed by atoms with Crippen LogP contribution < -0.4 is 0 Å². The van der Waals surface area contributed by atoms with E-state index >= 15 is 0 Å². The summed E-state index contributed by atoms with van der Waals surface area (Å²) >= 11 is 0. The smallest absolute Gasteiger partial charge is 0.140 e. The van der Waals surface area contributed by atoms with Crippen LogP contribution in [-0.2, 0) is 4.79 Å². The highest BCUT2D eigenvalue weighted by Gasteiger charge is 2.44. The fraction of sp³-hybridized carbons (Fsp3) is 0.933. The van der Waals surface area contributed by atoms with Gasteiger partial charge in [-0.05, 0) is 29.6 Å². The van der Waals surface area contributed by atoms with Gasteiger partial charge in [0, 0.05) is 11.8 Å². The molecule has 2 atom stereocenters. The molecule has 1 aliphatic carbocycles. The van der Waals surface area contributed by atoms with Crippen molar-refractivity contribution in [3.63, 3.8) is 0 Å². The molecule has 0 radical (unpaired) electrons. The van der Waals surface area contributed by atoms with Gasteiger partial charge in [-0.25, -0.2) is 0 Å². The van der Waals surface area contributed by atoms with Crippen LogP contribution in [0.25, 0.3) is 0 Å². The largest absolute Gasteiger partial charge is 0.299 e. The topological polar surface area (TPSA) is 17.1 Å². The number of hydrogen-bond donors (Lipinski definition) is 0. The molecule has 16 heavy (non-hydrogen) atoms. The molecule has 0 heterocycles. The van der Waals surface area contributed by atoms with Crippen LogP contribution in [0, 0.1) is 28.6 Å². The van der Waals surface area contributed by atoms with E-state index in [1.807, 2.05) is 0 Å². The van der Waals surface area contributed by atoms with Crippen molar-refractivity contribution >= 4 is 5.78 Å². The average molecular weight is 224 g/mol. The standard InChI is InChI=1S/C15H28O/c1-10-8-11(14(2,3)4)13(16)12(9-10)15(5,6)7/h10-12H,8-9H2,1-7H3/t11-,12-/m0/s1. The highest BCUT2D eigenvalue weighted by atomic mass is 16.1. The van der Waals surface area contributed by atoms with Crippen molar-refractivity contribution in [1.82, 2.24) is 0 Å². The van der Waals surface area contributed by atoms with Crippen molar-refractivity contribution in [2.45, 2.75) is 61.3 Å². The lowest BCUT2D eigenvalue weighted by atomic mass is 9.60. The Morgan fingerprint density at radius 3 is 1.44 bits per heavy atom. The SMILES string of the molecule is CC1C[C@H](C(C)(C)C)C(=O)[C@@H](C(C)(C)C)C1. The van der Waals surface area contributed by atoms with Crippen LogP contribution in [0.5, 0.6) is 0 Å². The number of carbonyl (C=O) groups excluding carboxylic acids is 1. The molecule has 1 nitrogen and oxygen atoms in total. The highest BCUT2D eigenvalue weighted by Crippen LogP contribution is 2.45. The first-order chi connectivity index (χ1) is 7.03. The Hall–Kier alpha value is -0.330. The summed E-state index contributed by atoms with van der Waals surface area (Å²) in [5.41, 5.74) is 0.241.